The molecule has 2 heterocycles. The zero-order valence-corrected chi connectivity index (χ0v) is 17.0. The Kier molecular flexibility index (Phi) is 7.16. The van der Waals surface area contributed by atoms with E-state index in [2.05, 4.69) is 42.5 Å². The Morgan fingerprint density at radius 1 is 1.21 bits per heavy atom. The van der Waals surface area contributed by atoms with Gasteiger partial charge in [0.1, 0.15) is 11.4 Å². The highest BCUT2D eigenvalue weighted by molar-refractivity contribution is 5.79. The van der Waals surface area contributed by atoms with E-state index in [9.17, 15) is 0 Å². The number of aromatic nitrogens is 3. The van der Waals surface area contributed by atoms with Crippen LogP contribution < -0.4 is 10.1 Å². The predicted molar refractivity (Wildman–Crippen MR) is 112 cm³/mol. The summed E-state index contributed by atoms with van der Waals surface area (Å²) in [5.74, 6) is 2.74. The number of hydrogen-bond acceptors (Lipinski definition) is 6. The van der Waals surface area contributed by atoms with E-state index in [1.165, 1.54) is 5.56 Å². The van der Waals surface area contributed by atoms with Crippen LogP contribution in [0.4, 0.5) is 0 Å². The molecule has 152 valence electrons. The highest BCUT2D eigenvalue weighted by Gasteiger charge is 2.11. The van der Waals surface area contributed by atoms with Gasteiger partial charge in [-0.2, -0.15) is 4.98 Å². The molecule has 8 nitrogen and oxygen atoms in total. The third-order valence-electron chi connectivity index (χ3n) is 4.21. The summed E-state index contributed by atoms with van der Waals surface area (Å²) in [6.45, 7) is 4.02. The Morgan fingerprint density at radius 2 is 2.03 bits per heavy atom. The van der Waals surface area contributed by atoms with Crippen molar-refractivity contribution in [3.05, 3.63) is 60.0 Å². The van der Waals surface area contributed by atoms with Gasteiger partial charge in [0.15, 0.2) is 11.8 Å². The largest absolute Gasteiger partial charge is 0.494 e. The van der Waals surface area contributed by atoms with Crippen molar-refractivity contribution in [3.8, 4) is 17.3 Å². The van der Waals surface area contributed by atoms with Gasteiger partial charge in [0.05, 0.1) is 6.61 Å². The van der Waals surface area contributed by atoms with Gasteiger partial charge < -0.3 is 19.5 Å². The van der Waals surface area contributed by atoms with Crippen LogP contribution in [-0.2, 0) is 13.0 Å². The lowest BCUT2D eigenvalue weighted by Crippen LogP contribution is -2.39. The SMILES string of the molecule is CCOc1ccc(CN(C)C(=NC)NCCc2noc(-c3ccccn3)n2)cc1. The molecule has 8 heteroatoms. The highest BCUT2D eigenvalue weighted by Crippen LogP contribution is 2.14. The van der Waals surface area contributed by atoms with Gasteiger partial charge in [-0.15, -0.1) is 0 Å². The van der Waals surface area contributed by atoms with E-state index in [0.717, 1.165) is 18.3 Å². The number of aliphatic imine (C=N–C) groups is 1. The van der Waals surface area contributed by atoms with Crippen LogP contribution in [0.1, 0.15) is 18.3 Å². The molecular weight excluding hydrogens is 368 g/mol. The van der Waals surface area contributed by atoms with Crippen LogP contribution in [0.15, 0.2) is 58.2 Å². The molecule has 0 saturated carbocycles. The normalized spacial score (nSPS) is 11.3. The van der Waals surface area contributed by atoms with Crippen molar-refractivity contribution in [3.63, 3.8) is 0 Å². The maximum absolute atomic E-state index is 5.49. The first-order valence-electron chi connectivity index (χ1n) is 9.57. The summed E-state index contributed by atoms with van der Waals surface area (Å²) in [7, 11) is 3.77. The zero-order chi connectivity index (χ0) is 20.5. The quantitative estimate of drug-likeness (QED) is 0.464. The topological polar surface area (TPSA) is 88.7 Å². The molecule has 0 radical (unpaired) electrons. The highest BCUT2D eigenvalue weighted by atomic mass is 16.5. The molecule has 0 aliphatic rings. The summed E-state index contributed by atoms with van der Waals surface area (Å²) in [5, 5.41) is 7.35. The smallest absolute Gasteiger partial charge is 0.276 e. The molecule has 0 amide bonds. The maximum Gasteiger partial charge on any atom is 0.276 e. The first-order valence-corrected chi connectivity index (χ1v) is 9.57. The Morgan fingerprint density at radius 3 is 2.72 bits per heavy atom. The average molecular weight is 394 g/mol. The Bertz CT molecular complexity index is 908. The summed E-state index contributed by atoms with van der Waals surface area (Å²) in [6, 6.07) is 13.7. The lowest BCUT2D eigenvalue weighted by molar-refractivity contribution is 0.340. The number of nitrogens with one attached hydrogen (secondary N) is 1. The third kappa shape index (κ3) is 5.78. The average Bonchev–Trinajstić information content (AvgIpc) is 3.22. The van der Waals surface area contributed by atoms with E-state index >= 15 is 0 Å². The summed E-state index contributed by atoms with van der Waals surface area (Å²) in [6.07, 6.45) is 2.32. The minimum absolute atomic E-state index is 0.428. The van der Waals surface area contributed by atoms with Crippen LogP contribution in [0.3, 0.4) is 0 Å². The van der Waals surface area contributed by atoms with E-state index < -0.39 is 0 Å². The number of rotatable bonds is 8. The van der Waals surface area contributed by atoms with E-state index in [0.29, 0.717) is 37.0 Å². The second kappa shape index (κ2) is 10.2. The van der Waals surface area contributed by atoms with Crippen LogP contribution in [-0.4, -0.2) is 53.2 Å². The number of pyridine rings is 1. The first kappa shape index (κ1) is 20.3. The number of hydrogen-bond donors (Lipinski definition) is 1. The van der Waals surface area contributed by atoms with Crippen molar-refractivity contribution in [2.45, 2.75) is 19.9 Å². The molecule has 0 bridgehead atoms. The summed E-state index contributed by atoms with van der Waals surface area (Å²) < 4.78 is 10.8. The molecule has 2 aromatic heterocycles. The lowest BCUT2D eigenvalue weighted by Gasteiger charge is -2.22. The van der Waals surface area contributed by atoms with Gasteiger partial charge in [-0.05, 0) is 36.8 Å². The molecule has 0 aliphatic carbocycles. The Balaban J connectivity index is 1.49. The van der Waals surface area contributed by atoms with Crippen LogP contribution in [0.2, 0.25) is 0 Å². The second-order valence-corrected chi connectivity index (χ2v) is 6.39. The summed E-state index contributed by atoms with van der Waals surface area (Å²) >= 11 is 0. The predicted octanol–water partition coefficient (Wildman–Crippen LogP) is 2.78. The fraction of sp³-hybridized carbons (Fsp3) is 0.333. The van der Waals surface area contributed by atoms with Gasteiger partial charge >= 0.3 is 0 Å². The molecule has 1 N–H and O–H groups in total. The minimum atomic E-state index is 0.428. The van der Waals surface area contributed by atoms with Crippen LogP contribution in [0, 0.1) is 0 Å². The van der Waals surface area contributed by atoms with Crippen molar-refractivity contribution in [2.75, 3.05) is 27.2 Å². The fourth-order valence-corrected chi connectivity index (χ4v) is 2.83. The lowest BCUT2D eigenvalue weighted by atomic mass is 10.2. The van der Waals surface area contributed by atoms with Gasteiger partial charge in [0, 0.05) is 39.8 Å². The molecule has 0 spiro atoms. The van der Waals surface area contributed by atoms with Crippen molar-refractivity contribution < 1.29 is 9.26 Å². The molecule has 29 heavy (non-hydrogen) atoms. The minimum Gasteiger partial charge on any atom is -0.494 e. The van der Waals surface area contributed by atoms with E-state index in [1.807, 2.05) is 44.3 Å². The van der Waals surface area contributed by atoms with Crippen molar-refractivity contribution in [1.82, 2.24) is 25.3 Å². The van der Waals surface area contributed by atoms with Crippen LogP contribution in [0.25, 0.3) is 11.6 Å². The van der Waals surface area contributed by atoms with E-state index in [-0.39, 0.29) is 0 Å². The molecular formula is C21H26N6O2. The molecule has 0 atom stereocenters. The standard InChI is InChI=1S/C21H26N6O2/c1-4-28-17-10-8-16(9-11-17)15-27(3)21(22-2)24-14-12-19-25-20(29-26-19)18-7-5-6-13-23-18/h5-11,13H,4,12,14-15H2,1-3H3,(H,22,24). The number of ether oxygens (including phenoxy) is 1. The Hall–Kier alpha value is -3.42. The summed E-state index contributed by atoms with van der Waals surface area (Å²) in [5.41, 5.74) is 1.85. The maximum atomic E-state index is 5.49. The second-order valence-electron chi connectivity index (χ2n) is 6.39. The molecule has 0 saturated heterocycles. The van der Waals surface area contributed by atoms with Gasteiger partial charge in [-0.25, -0.2) is 0 Å². The summed E-state index contributed by atoms with van der Waals surface area (Å²) in [4.78, 5) is 15.0. The monoisotopic (exact) mass is 394 g/mol. The van der Waals surface area contributed by atoms with Crippen LogP contribution in [0.5, 0.6) is 5.75 Å². The number of benzene rings is 1. The molecule has 3 aromatic rings. The molecule has 1 aromatic carbocycles. The molecule has 0 fully saturated rings. The molecule has 0 aliphatic heterocycles. The van der Waals surface area contributed by atoms with E-state index in [1.54, 1.807) is 13.2 Å². The van der Waals surface area contributed by atoms with Gasteiger partial charge in [-0.3, -0.25) is 9.98 Å². The fourth-order valence-electron chi connectivity index (χ4n) is 2.83. The number of nitrogens with zero attached hydrogens (tertiary/aromatic N) is 5. The third-order valence-corrected chi connectivity index (χ3v) is 4.21. The molecule has 3 rings (SSSR count). The first-order chi connectivity index (χ1) is 14.2. The molecule has 0 unspecified atom stereocenters. The van der Waals surface area contributed by atoms with E-state index in [4.69, 9.17) is 9.26 Å². The Labute approximate surface area is 170 Å². The van der Waals surface area contributed by atoms with Crippen LogP contribution >= 0.6 is 0 Å². The van der Waals surface area contributed by atoms with Crippen molar-refractivity contribution in [2.24, 2.45) is 4.99 Å². The zero-order valence-electron chi connectivity index (χ0n) is 17.0. The number of guanidine groups is 1. The van der Waals surface area contributed by atoms with Crippen molar-refractivity contribution in [1.29, 1.82) is 0 Å². The van der Waals surface area contributed by atoms with Gasteiger partial charge in [0.2, 0.25) is 0 Å². The van der Waals surface area contributed by atoms with Gasteiger partial charge in [-0.1, -0.05) is 23.4 Å². The van der Waals surface area contributed by atoms with Crippen molar-refractivity contribution >= 4 is 5.96 Å². The van der Waals surface area contributed by atoms with Gasteiger partial charge in [0.25, 0.3) is 5.89 Å².